The minimum absolute atomic E-state index is 0.00366. The Morgan fingerprint density at radius 2 is 1.64 bits per heavy atom. The predicted molar refractivity (Wildman–Crippen MR) is 91.2 cm³/mol. The highest BCUT2D eigenvalue weighted by molar-refractivity contribution is 6.74. The molecule has 0 aromatic carbocycles. The average molecular weight is 321 g/mol. The summed E-state index contributed by atoms with van der Waals surface area (Å²) in [5.74, 6) is 5.70. The van der Waals surface area contributed by atoms with Crippen molar-refractivity contribution in [3.63, 3.8) is 0 Å². The lowest BCUT2D eigenvalue weighted by Crippen LogP contribution is -2.42. The molecule has 5 aliphatic rings. The van der Waals surface area contributed by atoms with Gasteiger partial charge < -0.3 is 4.74 Å². The summed E-state index contributed by atoms with van der Waals surface area (Å²) in [4.78, 5) is 12.2. The molecule has 2 nitrogen and oxygen atoms in total. The summed E-state index contributed by atoms with van der Waals surface area (Å²) in [6.45, 7) is 10.0. The predicted octanol–water partition coefficient (Wildman–Crippen LogP) is 4.58. The van der Waals surface area contributed by atoms with E-state index in [9.17, 15) is 4.79 Å². The van der Waals surface area contributed by atoms with Gasteiger partial charge in [0, 0.05) is 8.07 Å². The van der Waals surface area contributed by atoms with Crippen LogP contribution < -0.4 is 0 Å². The van der Waals surface area contributed by atoms with Gasteiger partial charge >= 0.3 is 5.97 Å². The van der Waals surface area contributed by atoms with E-state index in [0.717, 1.165) is 36.0 Å². The second-order valence-corrected chi connectivity index (χ2v) is 16.3. The molecule has 1 aliphatic heterocycles. The summed E-state index contributed by atoms with van der Waals surface area (Å²) in [5, 5.41) is 0. The van der Waals surface area contributed by atoms with E-state index in [0.29, 0.717) is 12.5 Å². The van der Waals surface area contributed by atoms with Crippen LogP contribution >= 0.6 is 0 Å². The zero-order valence-corrected chi connectivity index (χ0v) is 15.7. The number of hydrogen-bond acceptors (Lipinski definition) is 2. The molecule has 7 atom stereocenters. The van der Waals surface area contributed by atoms with Crippen molar-refractivity contribution in [1.29, 1.82) is 0 Å². The smallest absolute Gasteiger partial charge is 0.312 e. The van der Waals surface area contributed by atoms with Crippen molar-refractivity contribution < 1.29 is 9.53 Å². The Morgan fingerprint density at radius 3 is 2.23 bits per heavy atom. The highest BCUT2D eigenvalue weighted by Gasteiger charge is 2.70. The molecule has 0 N–H and O–H groups in total. The minimum Gasteiger partial charge on any atom is -0.465 e. The van der Waals surface area contributed by atoms with Gasteiger partial charge in [-0.2, -0.15) is 0 Å². The van der Waals surface area contributed by atoms with Crippen molar-refractivity contribution >= 4 is 14.0 Å². The first-order valence-corrected chi connectivity index (χ1v) is 13.5. The van der Waals surface area contributed by atoms with Crippen LogP contribution in [-0.4, -0.2) is 20.7 Å². The standard InChI is InChI=1S/C15H20O2.C4H12Si/c16-14-15(3-4-17-14)7-10-6-11(15)13-9-2-1-8(5-9)12(10)13;1-5(2,3)4/h8-13H,1-7H2;1-4H3. The Hall–Kier alpha value is -0.313. The Kier molecular flexibility index (Phi) is 3.35. The van der Waals surface area contributed by atoms with Crippen LogP contribution in [0.15, 0.2) is 0 Å². The summed E-state index contributed by atoms with van der Waals surface area (Å²) in [6.07, 6.45) is 8.02. The number of hydrogen-bond donors (Lipinski definition) is 0. The molecule has 7 unspecified atom stereocenters. The van der Waals surface area contributed by atoms with Crippen LogP contribution in [0.25, 0.3) is 0 Å². The first kappa shape index (κ1) is 15.2. The number of carbonyl (C=O) groups is 1. The monoisotopic (exact) mass is 320 g/mol. The first-order valence-electron chi connectivity index (χ1n) is 9.47. The molecule has 5 fully saturated rings. The van der Waals surface area contributed by atoms with E-state index in [4.69, 9.17) is 4.74 Å². The Labute approximate surface area is 136 Å². The third kappa shape index (κ3) is 2.14. The zero-order chi connectivity index (χ0) is 15.7. The van der Waals surface area contributed by atoms with Crippen LogP contribution in [0.1, 0.15) is 38.5 Å². The van der Waals surface area contributed by atoms with Crippen LogP contribution in [0.5, 0.6) is 0 Å². The lowest BCUT2D eigenvalue weighted by molar-refractivity contribution is -0.151. The third-order valence-corrected chi connectivity index (χ3v) is 7.14. The van der Waals surface area contributed by atoms with Crippen LogP contribution in [0, 0.1) is 40.9 Å². The molecule has 1 spiro atoms. The maximum Gasteiger partial charge on any atom is 0.312 e. The highest BCUT2D eigenvalue weighted by Crippen LogP contribution is 2.73. The van der Waals surface area contributed by atoms with Crippen molar-refractivity contribution in [3.05, 3.63) is 0 Å². The number of cyclic esters (lactones) is 1. The van der Waals surface area contributed by atoms with Gasteiger partial charge in [-0.3, -0.25) is 4.79 Å². The zero-order valence-electron chi connectivity index (χ0n) is 14.7. The molecular formula is C19H32O2Si. The SMILES string of the molecule is C[Si](C)(C)C.O=C1OCCC12CC1CC2C2C3CCC(C3)C12. The van der Waals surface area contributed by atoms with Gasteiger partial charge in [-0.15, -0.1) is 0 Å². The molecule has 22 heavy (non-hydrogen) atoms. The van der Waals surface area contributed by atoms with Gasteiger partial charge in [0.25, 0.3) is 0 Å². The molecule has 4 saturated carbocycles. The fourth-order valence-electron chi connectivity index (χ4n) is 6.84. The van der Waals surface area contributed by atoms with Gasteiger partial charge in [-0.05, 0) is 74.0 Å². The van der Waals surface area contributed by atoms with Crippen LogP contribution in [0.3, 0.4) is 0 Å². The molecule has 3 heteroatoms. The molecule has 4 bridgehead atoms. The molecule has 5 rings (SSSR count). The number of carbonyl (C=O) groups excluding carboxylic acids is 1. The van der Waals surface area contributed by atoms with Gasteiger partial charge in [0.05, 0.1) is 12.0 Å². The van der Waals surface area contributed by atoms with Crippen molar-refractivity contribution in [2.75, 3.05) is 6.61 Å². The lowest BCUT2D eigenvalue weighted by atomic mass is 9.60. The minimum atomic E-state index is -0.611. The summed E-state index contributed by atoms with van der Waals surface area (Å²) in [6, 6.07) is 0. The molecule has 0 aromatic rings. The summed E-state index contributed by atoms with van der Waals surface area (Å²) in [5.41, 5.74) is -0.00366. The van der Waals surface area contributed by atoms with E-state index in [2.05, 4.69) is 26.2 Å². The molecule has 0 amide bonds. The number of rotatable bonds is 0. The van der Waals surface area contributed by atoms with Crippen molar-refractivity contribution in [2.45, 2.75) is 64.7 Å². The lowest BCUT2D eigenvalue weighted by Gasteiger charge is -2.42. The van der Waals surface area contributed by atoms with E-state index < -0.39 is 8.07 Å². The Bertz CT molecular complexity index is 476. The van der Waals surface area contributed by atoms with Crippen molar-refractivity contribution in [1.82, 2.24) is 0 Å². The average Bonchev–Trinajstić information content (AvgIpc) is 3.16. The van der Waals surface area contributed by atoms with E-state index >= 15 is 0 Å². The van der Waals surface area contributed by atoms with E-state index in [1.807, 2.05) is 0 Å². The second-order valence-electron chi connectivity index (χ2n) is 10.3. The van der Waals surface area contributed by atoms with Crippen LogP contribution in [0.2, 0.25) is 26.2 Å². The summed E-state index contributed by atoms with van der Waals surface area (Å²) in [7, 11) is -0.611. The molecule has 0 aromatic heterocycles. The second kappa shape index (κ2) is 4.84. The molecular weight excluding hydrogens is 288 g/mol. The largest absolute Gasteiger partial charge is 0.465 e. The summed E-state index contributed by atoms with van der Waals surface area (Å²) < 4.78 is 5.33. The van der Waals surface area contributed by atoms with E-state index in [1.165, 1.54) is 32.1 Å². The fourth-order valence-corrected chi connectivity index (χ4v) is 6.84. The molecule has 4 aliphatic carbocycles. The number of esters is 1. The van der Waals surface area contributed by atoms with Crippen LogP contribution in [-0.2, 0) is 9.53 Å². The fraction of sp³-hybridized carbons (Fsp3) is 0.947. The van der Waals surface area contributed by atoms with Gasteiger partial charge in [-0.25, -0.2) is 0 Å². The third-order valence-electron chi connectivity index (χ3n) is 7.14. The quantitative estimate of drug-likeness (QED) is 0.371. The Morgan fingerprint density at radius 1 is 1.00 bits per heavy atom. The summed E-state index contributed by atoms with van der Waals surface area (Å²) >= 11 is 0. The van der Waals surface area contributed by atoms with Gasteiger partial charge in [0.1, 0.15) is 0 Å². The maximum absolute atomic E-state index is 12.2. The van der Waals surface area contributed by atoms with E-state index in [-0.39, 0.29) is 11.4 Å². The molecule has 1 heterocycles. The Balaban J connectivity index is 0.000000222. The number of fused-ring (bicyclic) bond motifs is 10. The van der Waals surface area contributed by atoms with Crippen LogP contribution in [0.4, 0.5) is 0 Å². The topological polar surface area (TPSA) is 26.3 Å². The highest BCUT2D eigenvalue weighted by atomic mass is 28.3. The van der Waals surface area contributed by atoms with E-state index in [1.54, 1.807) is 0 Å². The van der Waals surface area contributed by atoms with Gasteiger partial charge in [-0.1, -0.05) is 26.2 Å². The molecule has 124 valence electrons. The first-order chi connectivity index (χ1) is 10.3. The van der Waals surface area contributed by atoms with Gasteiger partial charge in [0.15, 0.2) is 0 Å². The molecule has 0 radical (unpaired) electrons. The van der Waals surface area contributed by atoms with Crippen molar-refractivity contribution in [3.8, 4) is 0 Å². The normalized spacial score (nSPS) is 51.0. The van der Waals surface area contributed by atoms with Crippen molar-refractivity contribution in [2.24, 2.45) is 40.9 Å². The molecule has 1 saturated heterocycles. The maximum atomic E-state index is 12.2. The number of ether oxygens (including phenoxy) is 1. The van der Waals surface area contributed by atoms with Gasteiger partial charge in [0.2, 0.25) is 0 Å².